The third kappa shape index (κ3) is 5.03. The zero-order valence-electron chi connectivity index (χ0n) is 17.7. The standard InChI is InChI=1S/C25H24N4OS/c1-3-19-6-8-22(9-7-19)24-28-18(2)23(31-24)25(30)29(16-20-10-13-26-14-11-20)17-21-5-4-12-27-15-21/h4-15H,3,16-17H2,1-2H3. The summed E-state index contributed by atoms with van der Waals surface area (Å²) in [6.45, 7) is 5.02. The monoisotopic (exact) mass is 428 g/mol. The van der Waals surface area contributed by atoms with Crippen molar-refractivity contribution in [2.45, 2.75) is 33.4 Å². The van der Waals surface area contributed by atoms with Crippen LogP contribution in [0.1, 0.15) is 39.0 Å². The summed E-state index contributed by atoms with van der Waals surface area (Å²) in [6, 6.07) is 16.1. The first-order chi connectivity index (χ1) is 15.1. The van der Waals surface area contributed by atoms with Crippen molar-refractivity contribution >= 4 is 17.2 Å². The molecule has 0 fully saturated rings. The van der Waals surface area contributed by atoms with Gasteiger partial charge < -0.3 is 4.90 Å². The van der Waals surface area contributed by atoms with E-state index in [1.165, 1.54) is 16.9 Å². The van der Waals surface area contributed by atoms with Crippen molar-refractivity contribution in [3.8, 4) is 10.6 Å². The molecule has 4 aromatic rings. The summed E-state index contributed by atoms with van der Waals surface area (Å²) in [6.07, 6.45) is 8.03. The minimum Gasteiger partial charge on any atom is -0.329 e. The highest BCUT2D eigenvalue weighted by atomic mass is 32.1. The van der Waals surface area contributed by atoms with Gasteiger partial charge in [0.05, 0.1) is 5.69 Å². The SMILES string of the molecule is CCc1ccc(-c2nc(C)c(C(=O)N(Cc3ccncc3)Cc3cccnc3)s2)cc1. The van der Waals surface area contributed by atoms with Crippen LogP contribution in [0.25, 0.3) is 10.6 Å². The molecule has 0 unspecified atom stereocenters. The molecule has 0 radical (unpaired) electrons. The normalized spacial score (nSPS) is 10.8. The van der Waals surface area contributed by atoms with E-state index in [1.54, 1.807) is 24.8 Å². The lowest BCUT2D eigenvalue weighted by Gasteiger charge is -2.22. The van der Waals surface area contributed by atoms with Crippen molar-refractivity contribution in [2.24, 2.45) is 0 Å². The number of amides is 1. The van der Waals surface area contributed by atoms with Crippen molar-refractivity contribution in [3.63, 3.8) is 0 Å². The Kier molecular flexibility index (Phi) is 6.48. The fraction of sp³-hybridized carbons (Fsp3) is 0.200. The van der Waals surface area contributed by atoms with E-state index in [0.717, 1.165) is 33.8 Å². The summed E-state index contributed by atoms with van der Waals surface area (Å²) >= 11 is 1.45. The Morgan fingerprint density at radius 3 is 2.32 bits per heavy atom. The summed E-state index contributed by atoms with van der Waals surface area (Å²) in [5.74, 6) is -0.0212. The molecule has 1 aromatic carbocycles. The summed E-state index contributed by atoms with van der Waals surface area (Å²) in [5, 5.41) is 0.869. The van der Waals surface area contributed by atoms with Crippen LogP contribution in [0, 0.1) is 6.92 Å². The lowest BCUT2D eigenvalue weighted by Crippen LogP contribution is -2.30. The summed E-state index contributed by atoms with van der Waals surface area (Å²) < 4.78 is 0. The highest BCUT2D eigenvalue weighted by molar-refractivity contribution is 7.17. The minimum absolute atomic E-state index is 0.0212. The van der Waals surface area contributed by atoms with Crippen LogP contribution in [0.4, 0.5) is 0 Å². The maximum atomic E-state index is 13.6. The molecule has 5 nitrogen and oxygen atoms in total. The van der Waals surface area contributed by atoms with Crippen LogP contribution in [0.3, 0.4) is 0 Å². The second kappa shape index (κ2) is 9.62. The van der Waals surface area contributed by atoms with Crippen molar-refractivity contribution < 1.29 is 4.79 Å². The van der Waals surface area contributed by atoms with Gasteiger partial charge in [-0.2, -0.15) is 0 Å². The van der Waals surface area contributed by atoms with E-state index in [1.807, 2.05) is 36.1 Å². The van der Waals surface area contributed by atoms with Crippen molar-refractivity contribution in [2.75, 3.05) is 0 Å². The predicted octanol–water partition coefficient (Wildman–Crippen LogP) is 5.31. The number of nitrogens with zero attached hydrogens (tertiary/aromatic N) is 4. The number of carbonyl (C=O) groups excluding carboxylic acids is 1. The molecule has 3 heterocycles. The highest BCUT2D eigenvalue weighted by Gasteiger charge is 2.23. The third-order valence-electron chi connectivity index (χ3n) is 5.11. The number of thiazole rings is 1. The number of aromatic nitrogens is 3. The molecule has 1 amide bonds. The summed E-state index contributed by atoms with van der Waals surface area (Å²) in [5.41, 5.74) is 5.10. The summed E-state index contributed by atoms with van der Waals surface area (Å²) in [4.78, 5) is 29.1. The van der Waals surface area contributed by atoms with Crippen LogP contribution in [-0.2, 0) is 19.5 Å². The Morgan fingerprint density at radius 2 is 1.65 bits per heavy atom. The van der Waals surface area contributed by atoms with Crippen molar-refractivity contribution in [1.29, 1.82) is 0 Å². The molecule has 0 aliphatic carbocycles. The van der Waals surface area contributed by atoms with E-state index in [2.05, 4.69) is 41.2 Å². The molecule has 31 heavy (non-hydrogen) atoms. The van der Waals surface area contributed by atoms with Gasteiger partial charge in [-0.05, 0) is 48.2 Å². The molecule has 0 saturated heterocycles. The molecule has 0 atom stereocenters. The Hall–Kier alpha value is -3.38. The molecule has 0 spiro atoms. The van der Waals surface area contributed by atoms with Gasteiger partial charge in [-0.1, -0.05) is 37.3 Å². The smallest absolute Gasteiger partial charge is 0.266 e. The molecule has 156 valence electrons. The molecule has 0 aliphatic heterocycles. The number of pyridine rings is 2. The fourth-order valence-electron chi connectivity index (χ4n) is 3.37. The van der Waals surface area contributed by atoms with Gasteiger partial charge in [0.15, 0.2) is 0 Å². The van der Waals surface area contributed by atoms with Gasteiger partial charge >= 0.3 is 0 Å². The van der Waals surface area contributed by atoms with E-state index in [4.69, 9.17) is 4.98 Å². The average molecular weight is 429 g/mol. The Labute approximate surface area is 186 Å². The number of rotatable bonds is 7. The van der Waals surface area contributed by atoms with Gasteiger partial charge in [-0.3, -0.25) is 14.8 Å². The highest BCUT2D eigenvalue weighted by Crippen LogP contribution is 2.30. The van der Waals surface area contributed by atoms with Crippen LogP contribution >= 0.6 is 11.3 Å². The Bertz CT molecular complexity index is 1100. The number of hydrogen-bond donors (Lipinski definition) is 0. The third-order valence-corrected chi connectivity index (χ3v) is 6.30. The van der Waals surface area contributed by atoms with Crippen molar-refractivity contribution in [1.82, 2.24) is 19.9 Å². The molecular weight excluding hydrogens is 404 g/mol. The van der Waals surface area contributed by atoms with Crippen LogP contribution in [-0.4, -0.2) is 25.8 Å². The maximum Gasteiger partial charge on any atom is 0.266 e. The van der Waals surface area contributed by atoms with Crippen LogP contribution < -0.4 is 0 Å². The van der Waals surface area contributed by atoms with E-state index in [9.17, 15) is 4.79 Å². The van der Waals surface area contributed by atoms with Crippen LogP contribution in [0.2, 0.25) is 0 Å². The molecule has 3 aromatic heterocycles. The lowest BCUT2D eigenvalue weighted by atomic mass is 10.1. The van der Waals surface area contributed by atoms with E-state index >= 15 is 0 Å². The Morgan fingerprint density at radius 1 is 0.903 bits per heavy atom. The predicted molar refractivity (Wildman–Crippen MR) is 124 cm³/mol. The first-order valence-corrected chi connectivity index (χ1v) is 11.1. The maximum absolute atomic E-state index is 13.6. The number of benzene rings is 1. The number of carbonyl (C=O) groups is 1. The van der Waals surface area contributed by atoms with Crippen LogP contribution in [0.15, 0.2) is 73.3 Å². The van der Waals surface area contributed by atoms with Crippen molar-refractivity contribution in [3.05, 3.63) is 101 Å². The lowest BCUT2D eigenvalue weighted by molar-refractivity contribution is 0.0734. The average Bonchev–Trinajstić information content (AvgIpc) is 3.21. The van der Waals surface area contributed by atoms with Gasteiger partial charge in [-0.25, -0.2) is 4.98 Å². The summed E-state index contributed by atoms with van der Waals surface area (Å²) in [7, 11) is 0. The van der Waals surface area contributed by atoms with Gasteiger partial charge in [0.2, 0.25) is 0 Å². The largest absolute Gasteiger partial charge is 0.329 e. The van der Waals surface area contributed by atoms with E-state index < -0.39 is 0 Å². The first-order valence-electron chi connectivity index (χ1n) is 10.3. The van der Waals surface area contributed by atoms with E-state index in [-0.39, 0.29) is 5.91 Å². The molecular formula is C25H24N4OS. The minimum atomic E-state index is -0.0212. The van der Waals surface area contributed by atoms with Gasteiger partial charge in [0.25, 0.3) is 5.91 Å². The van der Waals surface area contributed by atoms with Crippen LogP contribution in [0.5, 0.6) is 0 Å². The molecule has 6 heteroatoms. The molecule has 4 rings (SSSR count). The Balaban J connectivity index is 1.63. The first kappa shape index (κ1) is 20.9. The molecule has 0 bridgehead atoms. The molecule has 0 N–H and O–H groups in total. The molecule has 0 aliphatic rings. The zero-order valence-corrected chi connectivity index (χ0v) is 18.5. The topological polar surface area (TPSA) is 59.0 Å². The van der Waals surface area contributed by atoms with Gasteiger partial charge in [-0.15, -0.1) is 11.3 Å². The number of hydrogen-bond acceptors (Lipinski definition) is 5. The van der Waals surface area contributed by atoms with Gasteiger partial charge in [0.1, 0.15) is 9.88 Å². The van der Waals surface area contributed by atoms with Gasteiger partial charge in [0, 0.05) is 43.4 Å². The zero-order chi connectivity index (χ0) is 21.6. The quantitative estimate of drug-likeness (QED) is 0.400. The van der Waals surface area contributed by atoms with E-state index in [0.29, 0.717) is 18.0 Å². The second-order valence-corrected chi connectivity index (χ2v) is 8.36. The number of aryl methyl sites for hydroxylation is 2. The second-order valence-electron chi connectivity index (χ2n) is 7.36. The fourth-order valence-corrected chi connectivity index (χ4v) is 4.40. The molecule has 0 saturated carbocycles.